The lowest BCUT2D eigenvalue weighted by Crippen LogP contribution is -2.32. The summed E-state index contributed by atoms with van der Waals surface area (Å²) in [6.07, 6.45) is 8.17. The molecule has 1 aliphatic rings. The third-order valence-corrected chi connectivity index (χ3v) is 9.14. The molecule has 8 rings (SSSR count). The number of aromatic nitrogens is 2. The molecule has 1 N–H and O–H groups in total. The zero-order chi connectivity index (χ0) is 32.7. The Morgan fingerprint density at radius 3 is 2.30 bits per heavy atom. The van der Waals surface area contributed by atoms with Gasteiger partial charge in [-0.3, -0.25) is 0 Å². The lowest BCUT2D eigenvalue weighted by Gasteiger charge is -2.42. The smallest absolute Gasteiger partial charge is 0.227 e. The summed E-state index contributed by atoms with van der Waals surface area (Å²) in [7, 11) is 0. The average molecular weight is 614 g/mol. The second-order valence-electron chi connectivity index (χ2n) is 12.1. The van der Waals surface area contributed by atoms with E-state index in [1.165, 1.54) is 33.6 Å². The van der Waals surface area contributed by atoms with E-state index in [4.69, 9.17) is 9.40 Å². The number of fused-ring (bicyclic) bond motifs is 7. The molecule has 4 heteroatoms. The molecule has 0 radical (unpaired) electrons. The first-order chi connectivity index (χ1) is 23.0. The van der Waals surface area contributed by atoms with E-state index in [-0.39, 0.29) is 5.41 Å². The Labute approximate surface area is 276 Å². The Morgan fingerprint density at radius 2 is 1.51 bits per heavy atom. The summed E-state index contributed by atoms with van der Waals surface area (Å²) in [5.74, 6) is 0.630. The minimum Gasteiger partial charge on any atom is -0.434 e. The summed E-state index contributed by atoms with van der Waals surface area (Å²) in [6.45, 7) is 14.8. The van der Waals surface area contributed by atoms with Gasteiger partial charge in [-0.2, -0.15) is 0 Å². The van der Waals surface area contributed by atoms with Gasteiger partial charge in [0.05, 0.1) is 16.9 Å². The van der Waals surface area contributed by atoms with Crippen LogP contribution in [0.5, 0.6) is 0 Å². The van der Waals surface area contributed by atoms with Crippen LogP contribution in [-0.2, 0) is 5.41 Å². The number of para-hydroxylation sites is 1. The molecular weight excluding hydrogens is 574 g/mol. The van der Waals surface area contributed by atoms with Crippen molar-refractivity contribution in [1.29, 1.82) is 0 Å². The molecule has 0 saturated heterocycles. The fourth-order valence-corrected chi connectivity index (χ4v) is 6.83. The Bertz CT molecular complexity index is 2330. The number of H-pyrrole nitrogens is 1. The highest BCUT2D eigenvalue weighted by Crippen LogP contribution is 2.51. The second-order valence-corrected chi connectivity index (χ2v) is 12.1. The number of rotatable bonds is 5. The third kappa shape index (κ3) is 4.88. The predicted octanol–water partition coefficient (Wildman–Crippen LogP) is 12.2. The van der Waals surface area contributed by atoms with E-state index in [2.05, 4.69) is 115 Å². The fourth-order valence-electron chi connectivity index (χ4n) is 6.83. The minimum atomic E-state index is -0.190. The standard InChI is InChI=1S/C41H33N3O.C2H6/c1-5-7-15-29(6-2)44-36-17-12-11-16-32(36)41(3,4)33-25-28(19-23-37(33)44)27-18-21-34-31(24-27)30-20-22-35-39(38(30)42-34)45-40(43-35)26-13-9-8-10-14-26;1-2/h5-25,42H,2H2,1,3-4H3;1-2H3/b7-5-,29-15+;. The van der Waals surface area contributed by atoms with Crippen LogP contribution in [-0.4, -0.2) is 9.97 Å². The number of allylic oxidation sites excluding steroid dienone is 4. The first-order valence-corrected chi connectivity index (χ1v) is 16.4. The van der Waals surface area contributed by atoms with Crippen LogP contribution in [0.1, 0.15) is 45.7 Å². The van der Waals surface area contributed by atoms with E-state index in [1.54, 1.807) is 0 Å². The lowest BCUT2D eigenvalue weighted by atomic mass is 9.73. The predicted molar refractivity (Wildman–Crippen MR) is 199 cm³/mol. The van der Waals surface area contributed by atoms with Gasteiger partial charge >= 0.3 is 0 Å². The van der Waals surface area contributed by atoms with Gasteiger partial charge in [0.2, 0.25) is 5.89 Å². The van der Waals surface area contributed by atoms with Gasteiger partial charge in [0.15, 0.2) is 5.58 Å². The van der Waals surface area contributed by atoms with Gasteiger partial charge < -0.3 is 14.3 Å². The second kappa shape index (κ2) is 12.0. The molecule has 232 valence electrons. The van der Waals surface area contributed by atoms with Crippen molar-refractivity contribution in [3.63, 3.8) is 0 Å². The van der Waals surface area contributed by atoms with Crippen molar-refractivity contribution >= 4 is 44.3 Å². The summed E-state index contributed by atoms with van der Waals surface area (Å²) in [5, 5.41) is 2.28. The molecular formula is C43H39N3O. The number of hydrogen-bond donors (Lipinski definition) is 1. The minimum absolute atomic E-state index is 0.190. The molecule has 0 amide bonds. The van der Waals surface area contributed by atoms with Gasteiger partial charge in [-0.05, 0) is 95.9 Å². The van der Waals surface area contributed by atoms with Crippen LogP contribution in [0.25, 0.3) is 55.5 Å². The first kappa shape index (κ1) is 30.1. The normalized spacial score (nSPS) is 13.9. The lowest BCUT2D eigenvalue weighted by molar-refractivity contribution is 0.622. The van der Waals surface area contributed by atoms with Crippen molar-refractivity contribution < 1.29 is 4.42 Å². The largest absolute Gasteiger partial charge is 0.434 e. The molecule has 0 aliphatic carbocycles. The first-order valence-electron chi connectivity index (χ1n) is 16.4. The maximum atomic E-state index is 6.33. The zero-order valence-corrected chi connectivity index (χ0v) is 27.6. The van der Waals surface area contributed by atoms with Gasteiger partial charge in [0.25, 0.3) is 0 Å². The number of nitrogens with zero attached hydrogens (tertiary/aromatic N) is 2. The highest BCUT2D eigenvalue weighted by atomic mass is 16.3. The Balaban J connectivity index is 0.00000172. The van der Waals surface area contributed by atoms with Crippen LogP contribution in [0.2, 0.25) is 0 Å². The van der Waals surface area contributed by atoms with E-state index in [1.807, 2.05) is 63.3 Å². The number of anilines is 2. The molecule has 0 saturated carbocycles. The molecule has 0 bridgehead atoms. The Morgan fingerprint density at radius 1 is 0.787 bits per heavy atom. The maximum absolute atomic E-state index is 6.33. The topological polar surface area (TPSA) is 45.1 Å². The van der Waals surface area contributed by atoms with Gasteiger partial charge in [0, 0.05) is 33.0 Å². The van der Waals surface area contributed by atoms with Crippen LogP contribution < -0.4 is 4.90 Å². The molecule has 0 atom stereocenters. The molecule has 0 spiro atoms. The van der Waals surface area contributed by atoms with Gasteiger partial charge in [-0.1, -0.05) is 95.0 Å². The molecule has 2 aromatic heterocycles. The molecule has 7 aromatic rings. The number of nitrogens with one attached hydrogen (secondary N) is 1. The van der Waals surface area contributed by atoms with E-state index < -0.39 is 0 Å². The molecule has 47 heavy (non-hydrogen) atoms. The van der Waals surface area contributed by atoms with Gasteiger partial charge in [0.1, 0.15) is 5.52 Å². The van der Waals surface area contributed by atoms with Crippen molar-refractivity contribution in [2.45, 2.75) is 40.0 Å². The zero-order valence-electron chi connectivity index (χ0n) is 27.6. The molecule has 0 unspecified atom stereocenters. The van der Waals surface area contributed by atoms with Crippen LogP contribution in [0.4, 0.5) is 11.4 Å². The van der Waals surface area contributed by atoms with Crippen LogP contribution in [0, 0.1) is 0 Å². The van der Waals surface area contributed by atoms with Crippen LogP contribution in [0.15, 0.2) is 144 Å². The average Bonchev–Trinajstić information content (AvgIpc) is 3.73. The summed E-state index contributed by atoms with van der Waals surface area (Å²) < 4.78 is 6.33. The van der Waals surface area contributed by atoms with Crippen LogP contribution >= 0.6 is 0 Å². The summed E-state index contributed by atoms with van der Waals surface area (Å²) in [5.41, 5.74) is 12.8. The van der Waals surface area contributed by atoms with E-state index in [9.17, 15) is 0 Å². The van der Waals surface area contributed by atoms with Crippen molar-refractivity contribution in [2.24, 2.45) is 0 Å². The number of aromatic amines is 1. The molecule has 4 nitrogen and oxygen atoms in total. The molecule has 5 aromatic carbocycles. The monoisotopic (exact) mass is 613 g/mol. The van der Waals surface area contributed by atoms with Crippen molar-refractivity contribution in [3.8, 4) is 22.6 Å². The van der Waals surface area contributed by atoms with Crippen LogP contribution in [0.3, 0.4) is 0 Å². The summed E-state index contributed by atoms with van der Waals surface area (Å²) in [6, 6.07) is 36.5. The van der Waals surface area contributed by atoms with E-state index >= 15 is 0 Å². The van der Waals surface area contributed by atoms with Gasteiger partial charge in [-0.25, -0.2) is 4.98 Å². The number of benzene rings is 5. The van der Waals surface area contributed by atoms with E-state index in [0.717, 1.165) is 44.2 Å². The molecule has 1 aliphatic heterocycles. The number of oxazole rings is 1. The van der Waals surface area contributed by atoms with Crippen molar-refractivity contribution in [1.82, 2.24) is 9.97 Å². The maximum Gasteiger partial charge on any atom is 0.227 e. The highest BCUT2D eigenvalue weighted by molar-refractivity contribution is 6.15. The number of hydrogen-bond acceptors (Lipinski definition) is 3. The summed E-state index contributed by atoms with van der Waals surface area (Å²) >= 11 is 0. The van der Waals surface area contributed by atoms with Gasteiger partial charge in [-0.15, -0.1) is 0 Å². The molecule has 0 fully saturated rings. The highest BCUT2D eigenvalue weighted by Gasteiger charge is 2.37. The van der Waals surface area contributed by atoms with E-state index in [0.29, 0.717) is 5.89 Å². The molecule has 3 heterocycles. The third-order valence-electron chi connectivity index (χ3n) is 9.14. The summed E-state index contributed by atoms with van der Waals surface area (Å²) in [4.78, 5) is 10.7. The van der Waals surface area contributed by atoms with Crippen molar-refractivity contribution in [3.05, 3.63) is 151 Å². The Kier molecular flexibility index (Phi) is 7.65. The van der Waals surface area contributed by atoms with Crippen molar-refractivity contribution in [2.75, 3.05) is 4.90 Å². The SMILES string of the molecule is C=C/C(=C\C=C/C)N1c2ccccc2C(C)(C)c2cc(-c3ccc4[nH]c5c(ccc6nc(-c7ccccc7)oc65)c4c3)ccc21.CC. The quantitative estimate of drug-likeness (QED) is 0.196. The Hall–Kier alpha value is -5.61. The fraction of sp³-hybridized carbons (Fsp3) is 0.140.